The van der Waals surface area contributed by atoms with E-state index in [0.29, 0.717) is 18.7 Å². The van der Waals surface area contributed by atoms with Crippen molar-refractivity contribution in [2.24, 2.45) is 5.92 Å². The summed E-state index contributed by atoms with van der Waals surface area (Å²) in [6.07, 6.45) is 3.35. The fourth-order valence-corrected chi connectivity index (χ4v) is 3.13. The van der Waals surface area contributed by atoms with Gasteiger partial charge in [0, 0.05) is 6.04 Å². The van der Waals surface area contributed by atoms with Crippen LogP contribution in [0.2, 0.25) is 0 Å². The van der Waals surface area contributed by atoms with E-state index in [0.717, 1.165) is 19.3 Å². The first kappa shape index (κ1) is 14.3. The predicted molar refractivity (Wildman–Crippen MR) is 71.1 cm³/mol. The van der Waals surface area contributed by atoms with Crippen LogP contribution in [0.5, 0.6) is 0 Å². The summed E-state index contributed by atoms with van der Waals surface area (Å²) in [7, 11) is 0. The fourth-order valence-electron chi connectivity index (χ4n) is 3.13. The molecule has 1 aliphatic heterocycles. The minimum absolute atomic E-state index is 0.0220. The monoisotopic (exact) mass is 265 g/mol. The van der Waals surface area contributed by atoms with Crippen molar-refractivity contribution in [1.29, 1.82) is 5.26 Å². The fraction of sp³-hybridized carbons (Fsp3) is 0.857. The maximum absolute atomic E-state index is 12.2. The maximum atomic E-state index is 12.2. The Hall–Kier alpha value is -1.12. The van der Waals surface area contributed by atoms with Crippen LogP contribution in [-0.4, -0.2) is 41.8 Å². The molecule has 0 radical (unpaired) electrons. The van der Waals surface area contributed by atoms with E-state index in [1.54, 1.807) is 0 Å². The lowest BCUT2D eigenvalue weighted by atomic mass is 9.98. The average Bonchev–Trinajstić information content (AvgIpc) is 2.92. The Balaban J connectivity index is 1.99. The zero-order valence-corrected chi connectivity index (χ0v) is 12.0. The highest BCUT2D eigenvalue weighted by Crippen LogP contribution is 2.42. The quantitative estimate of drug-likeness (QED) is 0.777. The number of likely N-dealkylation sites (tertiary alicyclic amines) is 1. The molecular weight excluding hydrogens is 242 g/mol. The third kappa shape index (κ3) is 3.26. The Morgan fingerprint density at radius 3 is 2.84 bits per heavy atom. The van der Waals surface area contributed by atoms with Gasteiger partial charge in [0.2, 0.25) is 5.91 Å². The number of hydrogen-bond donors (Lipinski definition) is 1. The number of amides is 1. The number of hydrogen-bond acceptors (Lipinski definition) is 4. The molecule has 1 aliphatic carbocycles. The number of carbonyl (C=O) groups excluding carboxylic acids is 1. The van der Waals surface area contributed by atoms with Gasteiger partial charge in [0.05, 0.1) is 17.7 Å². The van der Waals surface area contributed by atoms with Crippen LogP contribution in [-0.2, 0) is 9.53 Å². The first-order valence-corrected chi connectivity index (χ1v) is 6.97. The number of fused-ring (bicyclic) bond motifs is 2. The van der Waals surface area contributed by atoms with Crippen molar-refractivity contribution in [1.82, 2.24) is 10.2 Å². The standard InChI is InChI=1S/C14H23N3O2/c1-14(2,3)19-9-17-11-5-4-10(8-11)12(17)13(18)16-7-6-15/h10-12H,4-5,7-9H2,1-3H3,(H,16,18). The summed E-state index contributed by atoms with van der Waals surface area (Å²) in [6, 6.07) is 2.30. The van der Waals surface area contributed by atoms with Gasteiger partial charge in [-0.25, -0.2) is 0 Å². The molecule has 2 aliphatic rings. The summed E-state index contributed by atoms with van der Waals surface area (Å²) in [4.78, 5) is 14.3. The van der Waals surface area contributed by atoms with E-state index in [1.807, 2.05) is 26.8 Å². The highest BCUT2D eigenvalue weighted by molar-refractivity contribution is 5.82. The molecule has 3 unspecified atom stereocenters. The van der Waals surface area contributed by atoms with E-state index in [1.165, 1.54) is 0 Å². The maximum Gasteiger partial charge on any atom is 0.238 e. The van der Waals surface area contributed by atoms with Crippen LogP contribution in [0.25, 0.3) is 0 Å². The second kappa shape index (κ2) is 5.48. The molecule has 0 aromatic rings. The summed E-state index contributed by atoms with van der Waals surface area (Å²) in [5.41, 5.74) is -0.199. The number of nitriles is 1. The van der Waals surface area contributed by atoms with Gasteiger partial charge in [-0.3, -0.25) is 9.69 Å². The van der Waals surface area contributed by atoms with Crippen LogP contribution in [0.15, 0.2) is 0 Å². The Bertz CT molecular complexity index is 383. The average molecular weight is 265 g/mol. The zero-order chi connectivity index (χ0) is 14.0. The van der Waals surface area contributed by atoms with Gasteiger partial charge in [-0.15, -0.1) is 0 Å². The second-order valence-corrected chi connectivity index (χ2v) is 6.45. The van der Waals surface area contributed by atoms with Crippen molar-refractivity contribution in [2.75, 3.05) is 13.3 Å². The zero-order valence-electron chi connectivity index (χ0n) is 12.0. The summed E-state index contributed by atoms with van der Waals surface area (Å²) in [5, 5.41) is 11.3. The molecule has 2 fully saturated rings. The molecule has 1 heterocycles. The van der Waals surface area contributed by atoms with Gasteiger partial charge < -0.3 is 10.1 Å². The van der Waals surface area contributed by atoms with Gasteiger partial charge in [0.1, 0.15) is 13.3 Å². The van der Waals surface area contributed by atoms with Crippen LogP contribution in [0, 0.1) is 17.2 Å². The first-order valence-electron chi connectivity index (χ1n) is 6.97. The van der Waals surface area contributed by atoms with E-state index < -0.39 is 0 Å². The number of carbonyl (C=O) groups is 1. The molecule has 2 bridgehead atoms. The van der Waals surface area contributed by atoms with Gasteiger partial charge in [0.15, 0.2) is 0 Å². The lowest BCUT2D eigenvalue weighted by Crippen LogP contribution is -2.51. The minimum atomic E-state index is -0.199. The number of ether oxygens (including phenoxy) is 1. The van der Waals surface area contributed by atoms with E-state index in [-0.39, 0.29) is 24.1 Å². The molecule has 5 heteroatoms. The topological polar surface area (TPSA) is 65.4 Å². The van der Waals surface area contributed by atoms with E-state index in [4.69, 9.17) is 10.00 Å². The van der Waals surface area contributed by atoms with Gasteiger partial charge >= 0.3 is 0 Å². The number of nitrogens with zero attached hydrogens (tertiary/aromatic N) is 2. The predicted octanol–water partition coefficient (Wildman–Crippen LogP) is 1.25. The molecule has 2 rings (SSSR count). The Morgan fingerprint density at radius 1 is 1.47 bits per heavy atom. The summed E-state index contributed by atoms with van der Waals surface area (Å²) < 4.78 is 5.83. The van der Waals surface area contributed by atoms with Crippen LogP contribution in [0.4, 0.5) is 0 Å². The van der Waals surface area contributed by atoms with Gasteiger partial charge in [-0.1, -0.05) is 0 Å². The molecule has 0 spiro atoms. The highest BCUT2D eigenvalue weighted by atomic mass is 16.5. The highest BCUT2D eigenvalue weighted by Gasteiger charge is 2.49. The molecule has 1 amide bonds. The normalized spacial score (nSPS) is 30.3. The van der Waals surface area contributed by atoms with E-state index in [9.17, 15) is 4.79 Å². The van der Waals surface area contributed by atoms with Crippen molar-refractivity contribution < 1.29 is 9.53 Å². The third-order valence-electron chi connectivity index (χ3n) is 3.98. The van der Waals surface area contributed by atoms with Crippen molar-refractivity contribution in [3.63, 3.8) is 0 Å². The molecule has 19 heavy (non-hydrogen) atoms. The van der Waals surface area contributed by atoms with Crippen LogP contribution < -0.4 is 5.32 Å². The molecule has 3 atom stereocenters. The minimum Gasteiger partial charge on any atom is -0.360 e. The summed E-state index contributed by atoms with van der Waals surface area (Å²) in [5.74, 6) is 0.401. The molecule has 1 saturated heterocycles. The molecule has 0 aromatic heterocycles. The molecule has 106 valence electrons. The van der Waals surface area contributed by atoms with Crippen molar-refractivity contribution in [3.8, 4) is 6.07 Å². The van der Waals surface area contributed by atoms with E-state index in [2.05, 4.69) is 10.2 Å². The van der Waals surface area contributed by atoms with Gasteiger partial charge in [0.25, 0.3) is 0 Å². The lowest BCUT2D eigenvalue weighted by Gasteiger charge is -2.35. The molecule has 5 nitrogen and oxygen atoms in total. The number of nitrogens with one attached hydrogen (secondary N) is 1. The van der Waals surface area contributed by atoms with Crippen LogP contribution >= 0.6 is 0 Å². The van der Waals surface area contributed by atoms with Crippen molar-refractivity contribution in [2.45, 2.75) is 57.7 Å². The smallest absolute Gasteiger partial charge is 0.238 e. The molecular formula is C14H23N3O2. The second-order valence-electron chi connectivity index (χ2n) is 6.45. The molecule has 1 saturated carbocycles. The largest absolute Gasteiger partial charge is 0.360 e. The summed E-state index contributed by atoms with van der Waals surface area (Å²) >= 11 is 0. The Labute approximate surface area is 114 Å². The Kier molecular flexibility index (Phi) is 4.12. The molecule has 0 aromatic carbocycles. The van der Waals surface area contributed by atoms with E-state index >= 15 is 0 Å². The van der Waals surface area contributed by atoms with Crippen LogP contribution in [0.3, 0.4) is 0 Å². The summed E-state index contributed by atoms with van der Waals surface area (Å²) in [6.45, 7) is 6.64. The first-order chi connectivity index (χ1) is 8.92. The Morgan fingerprint density at radius 2 is 2.21 bits per heavy atom. The number of piperidine rings is 1. The van der Waals surface area contributed by atoms with Crippen molar-refractivity contribution in [3.05, 3.63) is 0 Å². The number of rotatable bonds is 4. The van der Waals surface area contributed by atoms with Gasteiger partial charge in [-0.2, -0.15) is 5.26 Å². The lowest BCUT2D eigenvalue weighted by molar-refractivity contribution is -0.135. The SMILES string of the molecule is CC(C)(C)OCN1C2CCC(C2)C1C(=O)NCC#N. The third-order valence-corrected chi connectivity index (χ3v) is 3.98. The molecule has 1 N–H and O–H groups in total. The van der Waals surface area contributed by atoms with Crippen LogP contribution in [0.1, 0.15) is 40.0 Å². The van der Waals surface area contributed by atoms with Gasteiger partial charge in [-0.05, 0) is 46.0 Å². The van der Waals surface area contributed by atoms with Crippen molar-refractivity contribution >= 4 is 5.91 Å².